The average Bonchev–Trinajstić information content (AvgIpc) is 2.99. The van der Waals surface area contributed by atoms with E-state index >= 15 is 0 Å². The first-order chi connectivity index (χ1) is 13.1. The zero-order valence-corrected chi connectivity index (χ0v) is 15.3. The number of aromatic nitrogens is 3. The van der Waals surface area contributed by atoms with Crippen molar-refractivity contribution >= 4 is 17.2 Å². The zero-order chi connectivity index (χ0) is 18.8. The quantitative estimate of drug-likeness (QED) is 0.596. The van der Waals surface area contributed by atoms with Gasteiger partial charge in [-0.25, -0.2) is 4.98 Å². The van der Waals surface area contributed by atoms with Crippen LogP contribution < -0.4 is 5.32 Å². The van der Waals surface area contributed by atoms with E-state index in [1.54, 1.807) is 12.4 Å². The number of hydrogen-bond acceptors (Lipinski definition) is 3. The van der Waals surface area contributed by atoms with E-state index in [1.165, 1.54) is 11.1 Å². The lowest BCUT2D eigenvalue weighted by atomic mass is 10.1. The van der Waals surface area contributed by atoms with Gasteiger partial charge in [0.2, 0.25) is 0 Å². The van der Waals surface area contributed by atoms with Gasteiger partial charge in [-0.3, -0.25) is 14.2 Å². The number of hydrogen-bond donors (Lipinski definition) is 1. The van der Waals surface area contributed by atoms with Crippen LogP contribution in [0, 0.1) is 13.8 Å². The number of pyridine rings is 2. The maximum absolute atomic E-state index is 12.8. The van der Waals surface area contributed by atoms with Crippen LogP contribution in [0.4, 0.5) is 5.69 Å². The smallest absolute Gasteiger partial charge is 0.274 e. The third-order valence-electron chi connectivity index (χ3n) is 4.53. The van der Waals surface area contributed by atoms with Gasteiger partial charge < -0.3 is 5.32 Å². The number of carbonyl (C=O) groups is 1. The molecule has 5 heteroatoms. The van der Waals surface area contributed by atoms with Crippen molar-refractivity contribution in [3.05, 3.63) is 95.2 Å². The summed E-state index contributed by atoms with van der Waals surface area (Å²) in [5, 5.41) is 2.98. The van der Waals surface area contributed by atoms with Crippen LogP contribution in [0.5, 0.6) is 0 Å². The first-order valence-electron chi connectivity index (χ1n) is 8.84. The second kappa shape index (κ2) is 7.03. The highest BCUT2D eigenvalue weighted by molar-refractivity contribution is 6.04. The summed E-state index contributed by atoms with van der Waals surface area (Å²) in [5.74, 6) is -0.160. The zero-order valence-electron chi connectivity index (χ0n) is 15.3. The number of fused-ring (bicyclic) bond motifs is 1. The van der Waals surface area contributed by atoms with E-state index in [0.717, 1.165) is 23.3 Å². The third kappa shape index (κ3) is 3.58. The molecule has 1 aromatic carbocycles. The Bertz CT molecular complexity index is 1100. The molecule has 3 heterocycles. The number of anilines is 1. The number of nitrogens with one attached hydrogen (secondary N) is 1. The Kier molecular flexibility index (Phi) is 4.42. The topological polar surface area (TPSA) is 59.3 Å². The van der Waals surface area contributed by atoms with Crippen LogP contribution >= 0.6 is 0 Å². The van der Waals surface area contributed by atoms with Crippen molar-refractivity contribution in [1.82, 2.24) is 14.4 Å². The molecule has 27 heavy (non-hydrogen) atoms. The van der Waals surface area contributed by atoms with Gasteiger partial charge in [0.15, 0.2) is 0 Å². The van der Waals surface area contributed by atoms with E-state index in [9.17, 15) is 4.79 Å². The molecule has 0 saturated carbocycles. The predicted molar refractivity (Wildman–Crippen MR) is 106 cm³/mol. The molecule has 0 aliphatic heterocycles. The fourth-order valence-electron chi connectivity index (χ4n) is 3.17. The minimum Gasteiger partial charge on any atom is -0.321 e. The van der Waals surface area contributed by atoms with Crippen LogP contribution in [0.15, 0.2) is 67.1 Å². The average molecular weight is 356 g/mol. The highest BCUT2D eigenvalue weighted by Crippen LogP contribution is 2.17. The summed E-state index contributed by atoms with van der Waals surface area (Å²) in [6.45, 7) is 3.85. The normalized spacial score (nSPS) is 10.9. The maximum Gasteiger partial charge on any atom is 0.274 e. The summed E-state index contributed by atoms with van der Waals surface area (Å²) in [5.41, 5.74) is 6.28. The third-order valence-corrected chi connectivity index (χ3v) is 4.53. The SMILES string of the molecule is Cc1ccc2nc(C)c(C(=O)Nc3ccc(Cc4ccncc4)cc3)n2c1. The number of imidazole rings is 1. The Morgan fingerprint density at radius 2 is 1.67 bits per heavy atom. The van der Waals surface area contributed by atoms with E-state index in [0.29, 0.717) is 11.4 Å². The maximum atomic E-state index is 12.8. The molecule has 1 amide bonds. The van der Waals surface area contributed by atoms with E-state index in [1.807, 2.05) is 73.0 Å². The molecule has 0 saturated heterocycles. The largest absolute Gasteiger partial charge is 0.321 e. The Labute approximate surface area is 157 Å². The Morgan fingerprint density at radius 1 is 0.963 bits per heavy atom. The minimum absolute atomic E-state index is 0.160. The van der Waals surface area contributed by atoms with Crippen LogP contribution in [-0.4, -0.2) is 20.3 Å². The molecule has 0 aliphatic rings. The van der Waals surface area contributed by atoms with Gasteiger partial charge in [-0.1, -0.05) is 18.2 Å². The van der Waals surface area contributed by atoms with Gasteiger partial charge in [-0.05, 0) is 67.3 Å². The number of amides is 1. The van der Waals surface area contributed by atoms with Crippen LogP contribution in [-0.2, 0) is 6.42 Å². The van der Waals surface area contributed by atoms with Gasteiger partial charge in [0.05, 0.1) is 5.69 Å². The molecular weight excluding hydrogens is 336 g/mol. The first kappa shape index (κ1) is 17.0. The molecule has 3 aromatic heterocycles. The molecule has 5 nitrogen and oxygen atoms in total. The Hall–Kier alpha value is -3.47. The van der Waals surface area contributed by atoms with Gasteiger partial charge in [-0.15, -0.1) is 0 Å². The van der Waals surface area contributed by atoms with Crippen molar-refractivity contribution in [3.8, 4) is 0 Å². The molecule has 0 spiro atoms. The van der Waals surface area contributed by atoms with Crippen LogP contribution in [0.2, 0.25) is 0 Å². The summed E-state index contributed by atoms with van der Waals surface area (Å²) in [6, 6.07) is 15.8. The van der Waals surface area contributed by atoms with E-state index in [-0.39, 0.29) is 5.91 Å². The van der Waals surface area contributed by atoms with Gasteiger partial charge in [0.25, 0.3) is 5.91 Å². The van der Waals surface area contributed by atoms with Crippen LogP contribution in [0.3, 0.4) is 0 Å². The number of carbonyl (C=O) groups excluding carboxylic acids is 1. The molecular formula is C22H20N4O. The van der Waals surface area contributed by atoms with Crippen LogP contribution in [0.25, 0.3) is 5.65 Å². The summed E-state index contributed by atoms with van der Waals surface area (Å²) >= 11 is 0. The van der Waals surface area contributed by atoms with Gasteiger partial charge in [0.1, 0.15) is 11.3 Å². The fraction of sp³-hybridized carbons (Fsp3) is 0.136. The molecule has 0 bridgehead atoms. The molecule has 4 aromatic rings. The number of rotatable bonds is 4. The van der Waals surface area contributed by atoms with Crippen molar-refractivity contribution < 1.29 is 4.79 Å². The number of nitrogens with zero attached hydrogens (tertiary/aromatic N) is 3. The van der Waals surface area contributed by atoms with Crippen LogP contribution in [0.1, 0.15) is 32.9 Å². The standard InChI is InChI=1S/C22H20N4O/c1-15-3-8-20-24-16(2)21(26(20)14-15)22(27)25-19-6-4-17(5-7-19)13-18-9-11-23-12-10-18/h3-12,14H,13H2,1-2H3,(H,25,27). The van der Waals surface area contributed by atoms with E-state index in [4.69, 9.17) is 0 Å². The molecule has 0 fully saturated rings. The monoisotopic (exact) mass is 356 g/mol. The molecule has 0 radical (unpaired) electrons. The lowest BCUT2D eigenvalue weighted by Gasteiger charge is -2.08. The van der Waals surface area contributed by atoms with Gasteiger partial charge in [-0.2, -0.15) is 0 Å². The van der Waals surface area contributed by atoms with E-state index in [2.05, 4.69) is 15.3 Å². The molecule has 0 unspecified atom stereocenters. The highest BCUT2D eigenvalue weighted by Gasteiger charge is 2.16. The van der Waals surface area contributed by atoms with Gasteiger partial charge >= 0.3 is 0 Å². The van der Waals surface area contributed by atoms with Crippen molar-refractivity contribution in [2.45, 2.75) is 20.3 Å². The van der Waals surface area contributed by atoms with Crippen molar-refractivity contribution in [2.75, 3.05) is 5.32 Å². The van der Waals surface area contributed by atoms with Crippen molar-refractivity contribution in [1.29, 1.82) is 0 Å². The van der Waals surface area contributed by atoms with E-state index < -0.39 is 0 Å². The summed E-state index contributed by atoms with van der Waals surface area (Å²) in [7, 11) is 0. The number of aryl methyl sites for hydroxylation is 2. The highest BCUT2D eigenvalue weighted by atomic mass is 16.2. The molecule has 0 aliphatic carbocycles. The summed E-state index contributed by atoms with van der Waals surface area (Å²) in [6.07, 6.45) is 6.36. The van der Waals surface area contributed by atoms with Crippen molar-refractivity contribution in [2.24, 2.45) is 0 Å². The van der Waals surface area contributed by atoms with Gasteiger partial charge in [0, 0.05) is 24.3 Å². The minimum atomic E-state index is -0.160. The Balaban J connectivity index is 1.53. The summed E-state index contributed by atoms with van der Waals surface area (Å²) < 4.78 is 1.85. The first-order valence-corrected chi connectivity index (χ1v) is 8.84. The second-order valence-electron chi connectivity index (χ2n) is 6.66. The second-order valence-corrected chi connectivity index (χ2v) is 6.66. The predicted octanol–water partition coefficient (Wildman–Crippen LogP) is 4.19. The Morgan fingerprint density at radius 3 is 2.41 bits per heavy atom. The summed E-state index contributed by atoms with van der Waals surface area (Å²) in [4.78, 5) is 21.3. The molecule has 134 valence electrons. The number of benzene rings is 1. The molecule has 0 atom stereocenters. The molecule has 1 N–H and O–H groups in total. The lowest BCUT2D eigenvalue weighted by molar-refractivity contribution is 0.102. The van der Waals surface area contributed by atoms with Crippen molar-refractivity contribution in [3.63, 3.8) is 0 Å². The fourth-order valence-corrected chi connectivity index (χ4v) is 3.17. The molecule has 4 rings (SSSR count). The lowest BCUT2D eigenvalue weighted by Crippen LogP contribution is -2.15.